The van der Waals surface area contributed by atoms with E-state index in [4.69, 9.17) is 4.74 Å². The van der Waals surface area contributed by atoms with Gasteiger partial charge in [0, 0.05) is 18.4 Å². The fourth-order valence-corrected chi connectivity index (χ4v) is 2.86. The van der Waals surface area contributed by atoms with Gasteiger partial charge in [0.25, 0.3) is 0 Å². The lowest BCUT2D eigenvalue weighted by molar-refractivity contribution is 0.0453. The maximum Gasteiger partial charge on any atom is 0.341 e. The number of pyridine rings is 1. The average Bonchev–Trinajstić information content (AvgIpc) is 2.64. The number of aromatic nitrogens is 1. The summed E-state index contributed by atoms with van der Waals surface area (Å²) < 4.78 is 5.45. The Balaban J connectivity index is 0.00000225. The third kappa shape index (κ3) is 5.73. The van der Waals surface area contributed by atoms with Crippen LogP contribution in [-0.2, 0) is 4.74 Å². The first-order valence-corrected chi connectivity index (χ1v) is 8.49. The summed E-state index contributed by atoms with van der Waals surface area (Å²) >= 11 is 0. The number of esters is 1. The maximum atomic E-state index is 12.4. The zero-order valence-electron chi connectivity index (χ0n) is 14.2. The molecule has 2 aromatic rings. The van der Waals surface area contributed by atoms with Crippen molar-refractivity contribution in [3.8, 4) is 0 Å². The zero-order valence-corrected chi connectivity index (χ0v) is 15.0. The molecule has 0 atom stereocenters. The van der Waals surface area contributed by atoms with Crippen molar-refractivity contribution in [3.63, 3.8) is 0 Å². The van der Waals surface area contributed by atoms with Crippen LogP contribution in [-0.4, -0.2) is 42.1 Å². The third-order valence-corrected chi connectivity index (χ3v) is 4.15. The van der Waals surface area contributed by atoms with E-state index < -0.39 is 0 Å². The van der Waals surface area contributed by atoms with E-state index in [-0.39, 0.29) is 18.4 Å². The minimum Gasteiger partial charge on any atom is -0.461 e. The van der Waals surface area contributed by atoms with E-state index in [0.29, 0.717) is 18.0 Å². The summed E-state index contributed by atoms with van der Waals surface area (Å²) in [6.45, 7) is 3.42. The van der Waals surface area contributed by atoms with Crippen molar-refractivity contribution in [1.82, 2.24) is 9.88 Å². The molecule has 0 aliphatic carbocycles. The Morgan fingerprint density at radius 3 is 2.60 bits per heavy atom. The van der Waals surface area contributed by atoms with Gasteiger partial charge in [-0.15, -0.1) is 12.4 Å². The Labute approximate surface area is 154 Å². The van der Waals surface area contributed by atoms with Crippen molar-refractivity contribution in [2.75, 3.05) is 31.6 Å². The number of para-hydroxylation sites is 1. The first kappa shape index (κ1) is 19.2. The molecule has 25 heavy (non-hydrogen) atoms. The fourth-order valence-electron chi connectivity index (χ4n) is 2.86. The van der Waals surface area contributed by atoms with Crippen LogP contribution in [0, 0.1) is 0 Å². The molecule has 1 N–H and O–H groups in total. The second-order valence-electron chi connectivity index (χ2n) is 5.93. The molecule has 0 amide bonds. The van der Waals surface area contributed by atoms with Gasteiger partial charge in [0.1, 0.15) is 18.0 Å². The lowest BCUT2D eigenvalue weighted by Crippen LogP contribution is -2.33. The lowest BCUT2D eigenvalue weighted by atomic mass is 10.1. The number of likely N-dealkylation sites (tertiary alicyclic amines) is 1. The molecule has 1 saturated heterocycles. The second kappa shape index (κ2) is 10.0. The largest absolute Gasteiger partial charge is 0.461 e. The molecule has 1 fully saturated rings. The normalized spacial score (nSPS) is 14.4. The first-order valence-electron chi connectivity index (χ1n) is 8.49. The number of nitrogens with zero attached hydrogens (tertiary/aromatic N) is 2. The van der Waals surface area contributed by atoms with Crippen molar-refractivity contribution < 1.29 is 9.53 Å². The maximum absolute atomic E-state index is 12.4. The molecule has 1 aliphatic heterocycles. The number of hydrogen-bond donors (Lipinski definition) is 1. The van der Waals surface area contributed by atoms with Crippen LogP contribution in [0.15, 0.2) is 48.7 Å². The molecular weight excluding hydrogens is 338 g/mol. The summed E-state index contributed by atoms with van der Waals surface area (Å²) in [6.07, 6.45) is 5.44. The molecule has 5 nitrogen and oxygen atoms in total. The number of ether oxygens (including phenoxy) is 1. The van der Waals surface area contributed by atoms with Gasteiger partial charge in [-0.1, -0.05) is 24.6 Å². The highest BCUT2D eigenvalue weighted by Gasteiger charge is 2.15. The van der Waals surface area contributed by atoms with E-state index in [1.54, 1.807) is 18.3 Å². The predicted molar refractivity (Wildman–Crippen MR) is 102 cm³/mol. The van der Waals surface area contributed by atoms with E-state index in [1.165, 1.54) is 19.3 Å². The molecule has 2 heterocycles. The Kier molecular flexibility index (Phi) is 7.70. The Hall–Kier alpha value is -2.11. The second-order valence-corrected chi connectivity index (χ2v) is 5.93. The van der Waals surface area contributed by atoms with E-state index in [9.17, 15) is 4.79 Å². The predicted octanol–water partition coefficient (Wildman–Crippen LogP) is 3.89. The van der Waals surface area contributed by atoms with E-state index >= 15 is 0 Å². The number of hydrogen-bond acceptors (Lipinski definition) is 5. The summed E-state index contributed by atoms with van der Waals surface area (Å²) in [7, 11) is 0. The van der Waals surface area contributed by atoms with Crippen LogP contribution in [0.25, 0.3) is 0 Å². The lowest BCUT2D eigenvalue weighted by Gasteiger charge is -2.25. The van der Waals surface area contributed by atoms with Gasteiger partial charge < -0.3 is 10.1 Å². The van der Waals surface area contributed by atoms with E-state index in [0.717, 1.165) is 25.3 Å². The SMILES string of the molecule is Cl.O=C(OCCN1CCCCC1)c1cccnc1Nc1ccccc1. The van der Waals surface area contributed by atoms with Crippen molar-refractivity contribution in [2.45, 2.75) is 19.3 Å². The van der Waals surface area contributed by atoms with Crippen molar-refractivity contribution in [3.05, 3.63) is 54.2 Å². The fraction of sp³-hybridized carbons (Fsp3) is 0.368. The zero-order chi connectivity index (χ0) is 16.6. The highest BCUT2D eigenvalue weighted by molar-refractivity contribution is 5.95. The quantitative estimate of drug-likeness (QED) is 0.791. The van der Waals surface area contributed by atoms with Crippen LogP contribution in [0.2, 0.25) is 0 Å². The third-order valence-electron chi connectivity index (χ3n) is 4.15. The molecular formula is C19H24ClN3O2. The number of nitrogens with one attached hydrogen (secondary N) is 1. The van der Waals surface area contributed by atoms with Gasteiger partial charge >= 0.3 is 5.97 Å². The smallest absolute Gasteiger partial charge is 0.341 e. The van der Waals surface area contributed by atoms with Crippen LogP contribution in [0.1, 0.15) is 29.6 Å². The number of carbonyl (C=O) groups is 1. The van der Waals surface area contributed by atoms with E-state index in [1.807, 2.05) is 30.3 Å². The molecule has 0 bridgehead atoms. The number of carbonyl (C=O) groups excluding carboxylic acids is 1. The van der Waals surface area contributed by atoms with Crippen LogP contribution in [0.5, 0.6) is 0 Å². The molecule has 6 heteroatoms. The summed E-state index contributed by atoms with van der Waals surface area (Å²) in [6, 6.07) is 13.2. The van der Waals surface area contributed by atoms with Gasteiger partial charge in [-0.3, -0.25) is 4.90 Å². The van der Waals surface area contributed by atoms with Gasteiger partial charge in [-0.25, -0.2) is 9.78 Å². The number of rotatable bonds is 6. The van der Waals surface area contributed by atoms with Crippen molar-refractivity contribution in [1.29, 1.82) is 0 Å². The molecule has 0 saturated carbocycles. The van der Waals surface area contributed by atoms with Crippen molar-refractivity contribution in [2.24, 2.45) is 0 Å². The van der Waals surface area contributed by atoms with Gasteiger partial charge in [0.15, 0.2) is 0 Å². The standard InChI is InChI=1S/C19H23N3O2.ClH/c23-19(24-15-14-22-12-5-2-6-13-22)17-10-7-11-20-18(17)21-16-8-3-1-4-9-16;/h1,3-4,7-11H,2,5-6,12-15H2,(H,20,21);1H. The monoisotopic (exact) mass is 361 g/mol. The average molecular weight is 362 g/mol. The van der Waals surface area contributed by atoms with Crippen LogP contribution in [0.3, 0.4) is 0 Å². The van der Waals surface area contributed by atoms with Crippen LogP contribution in [0.4, 0.5) is 11.5 Å². The first-order chi connectivity index (χ1) is 11.8. The highest BCUT2D eigenvalue weighted by Crippen LogP contribution is 2.19. The Morgan fingerprint density at radius 2 is 1.84 bits per heavy atom. The number of piperidine rings is 1. The Morgan fingerprint density at radius 1 is 1.08 bits per heavy atom. The number of benzene rings is 1. The van der Waals surface area contributed by atoms with Crippen molar-refractivity contribution >= 4 is 29.9 Å². The number of halogens is 1. The van der Waals surface area contributed by atoms with Gasteiger partial charge in [-0.05, 0) is 50.2 Å². The minimum absolute atomic E-state index is 0. The van der Waals surface area contributed by atoms with Gasteiger partial charge in [0.2, 0.25) is 0 Å². The molecule has 0 radical (unpaired) electrons. The molecule has 0 unspecified atom stereocenters. The highest BCUT2D eigenvalue weighted by atomic mass is 35.5. The summed E-state index contributed by atoms with van der Waals surface area (Å²) in [4.78, 5) is 19.0. The molecule has 134 valence electrons. The van der Waals surface area contributed by atoms with Crippen LogP contribution < -0.4 is 5.32 Å². The topological polar surface area (TPSA) is 54.5 Å². The molecule has 3 rings (SSSR count). The van der Waals surface area contributed by atoms with Gasteiger partial charge in [0.05, 0.1) is 0 Å². The Bertz CT molecular complexity index is 661. The molecule has 1 aromatic heterocycles. The summed E-state index contributed by atoms with van der Waals surface area (Å²) in [5, 5.41) is 3.17. The van der Waals surface area contributed by atoms with Crippen LogP contribution >= 0.6 is 12.4 Å². The molecule has 1 aromatic carbocycles. The van der Waals surface area contributed by atoms with Gasteiger partial charge in [-0.2, -0.15) is 0 Å². The molecule has 0 spiro atoms. The number of anilines is 2. The summed E-state index contributed by atoms with van der Waals surface area (Å²) in [5.74, 6) is 0.185. The van der Waals surface area contributed by atoms with E-state index in [2.05, 4.69) is 15.2 Å². The summed E-state index contributed by atoms with van der Waals surface area (Å²) in [5.41, 5.74) is 1.35. The molecule has 1 aliphatic rings. The minimum atomic E-state index is -0.335.